The monoisotopic (exact) mass is 424 g/mol. The SMILES string of the molecule is N#Cc1ccccc1-c1ccccc1C(=O)NCCCN1CCN(c2ccccc2)CC1. The average Bonchev–Trinajstić information content (AvgIpc) is 2.87. The lowest BCUT2D eigenvalue weighted by atomic mass is 9.95. The minimum absolute atomic E-state index is 0.0951. The molecule has 0 spiro atoms. The largest absolute Gasteiger partial charge is 0.369 e. The molecule has 1 fully saturated rings. The van der Waals surface area contributed by atoms with E-state index in [0.29, 0.717) is 17.7 Å². The van der Waals surface area contributed by atoms with Crippen LogP contribution >= 0.6 is 0 Å². The first-order valence-electron chi connectivity index (χ1n) is 11.2. The summed E-state index contributed by atoms with van der Waals surface area (Å²) in [7, 11) is 0. The predicted octanol–water partition coefficient (Wildman–Crippen LogP) is 4.17. The second-order valence-corrected chi connectivity index (χ2v) is 7.98. The van der Waals surface area contributed by atoms with Crippen LogP contribution in [0, 0.1) is 11.3 Å². The van der Waals surface area contributed by atoms with Gasteiger partial charge in [0, 0.05) is 49.5 Å². The molecular weight excluding hydrogens is 396 g/mol. The van der Waals surface area contributed by atoms with Crippen LogP contribution < -0.4 is 10.2 Å². The third-order valence-electron chi connectivity index (χ3n) is 5.94. The second-order valence-electron chi connectivity index (χ2n) is 7.98. The van der Waals surface area contributed by atoms with Crippen LogP contribution in [0.3, 0.4) is 0 Å². The van der Waals surface area contributed by atoms with E-state index in [1.165, 1.54) is 5.69 Å². The number of nitriles is 1. The first kappa shape index (κ1) is 21.6. The molecule has 1 aliphatic heterocycles. The van der Waals surface area contributed by atoms with Crippen LogP contribution in [-0.4, -0.2) is 50.1 Å². The molecule has 0 aromatic heterocycles. The lowest BCUT2D eigenvalue weighted by molar-refractivity contribution is 0.0952. The van der Waals surface area contributed by atoms with Crippen molar-refractivity contribution in [3.05, 3.63) is 90.0 Å². The van der Waals surface area contributed by atoms with Crippen molar-refractivity contribution in [2.24, 2.45) is 0 Å². The van der Waals surface area contributed by atoms with E-state index in [4.69, 9.17) is 0 Å². The maximum absolute atomic E-state index is 12.9. The molecule has 3 aromatic rings. The second kappa shape index (κ2) is 10.6. The van der Waals surface area contributed by atoms with Crippen molar-refractivity contribution in [2.75, 3.05) is 44.2 Å². The molecule has 5 nitrogen and oxygen atoms in total. The van der Waals surface area contributed by atoms with Gasteiger partial charge in [0.15, 0.2) is 0 Å². The van der Waals surface area contributed by atoms with E-state index in [1.807, 2.05) is 42.5 Å². The highest BCUT2D eigenvalue weighted by atomic mass is 16.1. The topological polar surface area (TPSA) is 59.4 Å². The third kappa shape index (κ3) is 5.16. The number of anilines is 1. The molecular formula is C27H28N4O. The maximum atomic E-state index is 12.9. The van der Waals surface area contributed by atoms with Crippen LogP contribution in [0.4, 0.5) is 5.69 Å². The van der Waals surface area contributed by atoms with Gasteiger partial charge in [-0.25, -0.2) is 0 Å². The normalized spacial score (nSPS) is 14.0. The molecule has 3 aromatic carbocycles. The summed E-state index contributed by atoms with van der Waals surface area (Å²) in [6.07, 6.45) is 0.911. The zero-order chi connectivity index (χ0) is 22.2. The van der Waals surface area contributed by atoms with Gasteiger partial charge in [-0.2, -0.15) is 5.26 Å². The number of carbonyl (C=O) groups is 1. The van der Waals surface area contributed by atoms with E-state index in [2.05, 4.69) is 51.5 Å². The number of piperazine rings is 1. The number of benzene rings is 3. The predicted molar refractivity (Wildman–Crippen MR) is 129 cm³/mol. The summed E-state index contributed by atoms with van der Waals surface area (Å²) >= 11 is 0. The molecule has 1 N–H and O–H groups in total. The van der Waals surface area contributed by atoms with Crippen molar-refractivity contribution in [3.63, 3.8) is 0 Å². The van der Waals surface area contributed by atoms with Crippen molar-refractivity contribution in [3.8, 4) is 17.2 Å². The van der Waals surface area contributed by atoms with Gasteiger partial charge in [0.1, 0.15) is 0 Å². The lowest BCUT2D eigenvalue weighted by Gasteiger charge is -2.36. The Hall–Kier alpha value is -3.62. The fraction of sp³-hybridized carbons (Fsp3) is 0.259. The van der Waals surface area contributed by atoms with E-state index in [9.17, 15) is 10.1 Å². The first-order valence-corrected chi connectivity index (χ1v) is 11.2. The smallest absolute Gasteiger partial charge is 0.251 e. The Kier molecular flexibility index (Phi) is 7.16. The van der Waals surface area contributed by atoms with Crippen molar-refractivity contribution in [1.29, 1.82) is 5.26 Å². The molecule has 0 saturated carbocycles. The van der Waals surface area contributed by atoms with Crippen LogP contribution in [0.15, 0.2) is 78.9 Å². The van der Waals surface area contributed by atoms with Gasteiger partial charge in [-0.05, 0) is 42.8 Å². The van der Waals surface area contributed by atoms with Crippen LogP contribution in [0.1, 0.15) is 22.3 Å². The Morgan fingerprint density at radius 2 is 1.50 bits per heavy atom. The summed E-state index contributed by atoms with van der Waals surface area (Å²) in [5, 5.41) is 12.5. The average molecular weight is 425 g/mol. The minimum atomic E-state index is -0.0951. The molecule has 1 heterocycles. The molecule has 0 aliphatic carbocycles. The van der Waals surface area contributed by atoms with Crippen molar-refractivity contribution in [2.45, 2.75) is 6.42 Å². The van der Waals surface area contributed by atoms with Crippen LogP contribution in [0.25, 0.3) is 11.1 Å². The van der Waals surface area contributed by atoms with Crippen molar-refractivity contribution in [1.82, 2.24) is 10.2 Å². The highest BCUT2D eigenvalue weighted by Crippen LogP contribution is 2.26. The number of amides is 1. The van der Waals surface area contributed by atoms with Crippen LogP contribution in [0.2, 0.25) is 0 Å². The van der Waals surface area contributed by atoms with Crippen molar-refractivity contribution >= 4 is 11.6 Å². The number of hydrogen-bond donors (Lipinski definition) is 1. The Morgan fingerprint density at radius 1 is 0.844 bits per heavy atom. The quantitative estimate of drug-likeness (QED) is 0.579. The molecule has 1 saturated heterocycles. The van der Waals surface area contributed by atoms with Gasteiger partial charge in [-0.3, -0.25) is 9.69 Å². The lowest BCUT2D eigenvalue weighted by Crippen LogP contribution is -2.47. The molecule has 32 heavy (non-hydrogen) atoms. The van der Waals surface area contributed by atoms with Crippen LogP contribution in [0.5, 0.6) is 0 Å². The Labute approximate surface area is 189 Å². The number of carbonyl (C=O) groups excluding carboxylic acids is 1. The minimum Gasteiger partial charge on any atom is -0.369 e. The van der Waals surface area contributed by atoms with Crippen molar-refractivity contribution < 1.29 is 4.79 Å². The van der Waals surface area contributed by atoms with E-state index >= 15 is 0 Å². The Morgan fingerprint density at radius 3 is 2.25 bits per heavy atom. The van der Waals surface area contributed by atoms with E-state index in [0.717, 1.165) is 50.3 Å². The summed E-state index contributed by atoms with van der Waals surface area (Å²) < 4.78 is 0. The summed E-state index contributed by atoms with van der Waals surface area (Å²) in [5.74, 6) is -0.0951. The van der Waals surface area contributed by atoms with E-state index < -0.39 is 0 Å². The fourth-order valence-corrected chi connectivity index (χ4v) is 4.20. The number of hydrogen-bond acceptors (Lipinski definition) is 4. The highest BCUT2D eigenvalue weighted by Gasteiger charge is 2.17. The van der Waals surface area contributed by atoms with Gasteiger partial charge in [-0.1, -0.05) is 54.6 Å². The maximum Gasteiger partial charge on any atom is 0.251 e. The molecule has 5 heteroatoms. The Balaban J connectivity index is 1.27. The number of nitrogens with zero attached hydrogens (tertiary/aromatic N) is 3. The number of nitrogens with one attached hydrogen (secondary N) is 1. The molecule has 4 rings (SSSR count). The van der Waals surface area contributed by atoms with Gasteiger partial charge in [0.05, 0.1) is 11.6 Å². The molecule has 1 aliphatic rings. The Bertz CT molecular complexity index is 1080. The zero-order valence-electron chi connectivity index (χ0n) is 18.2. The van der Waals surface area contributed by atoms with Gasteiger partial charge in [0.2, 0.25) is 0 Å². The van der Waals surface area contributed by atoms with Gasteiger partial charge in [0.25, 0.3) is 5.91 Å². The van der Waals surface area contributed by atoms with Gasteiger partial charge in [-0.15, -0.1) is 0 Å². The van der Waals surface area contributed by atoms with E-state index in [1.54, 1.807) is 6.07 Å². The fourth-order valence-electron chi connectivity index (χ4n) is 4.20. The highest BCUT2D eigenvalue weighted by molar-refractivity contribution is 6.01. The third-order valence-corrected chi connectivity index (χ3v) is 5.94. The van der Waals surface area contributed by atoms with E-state index in [-0.39, 0.29) is 5.91 Å². The molecule has 162 valence electrons. The van der Waals surface area contributed by atoms with Crippen LogP contribution in [-0.2, 0) is 0 Å². The number of rotatable bonds is 7. The molecule has 0 radical (unpaired) electrons. The number of para-hydroxylation sites is 1. The van der Waals surface area contributed by atoms with Gasteiger partial charge < -0.3 is 10.2 Å². The molecule has 0 atom stereocenters. The molecule has 0 unspecified atom stereocenters. The summed E-state index contributed by atoms with van der Waals surface area (Å²) in [6, 6.07) is 27.6. The summed E-state index contributed by atoms with van der Waals surface area (Å²) in [4.78, 5) is 17.8. The summed E-state index contributed by atoms with van der Waals surface area (Å²) in [6.45, 7) is 5.74. The standard InChI is InChI=1S/C27H28N4O/c28-21-22-9-4-5-12-24(22)25-13-6-7-14-26(25)27(32)29-15-8-16-30-17-19-31(20-18-30)23-10-2-1-3-11-23/h1-7,9-14H,8,15-20H2,(H,29,32). The molecule has 1 amide bonds. The summed E-state index contributed by atoms with van der Waals surface area (Å²) in [5.41, 5.74) is 4.04. The molecule has 0 bridgehead atoms. The van der Waals surface area contributed by atoms with Gasteiger partial charge >= 0.3 is 0 Å². The first-order chi connectivity index (χ1) is 15.8. The zero-order valence-corrected chi connectivity index (χ0v) is 18.2.